The van der Waals surface area contributed by atoms with Crippen molar-refractivity contribution in [3.63, 3.8) is 0 Å². The van der Waals surface area contributed by atoms with Crippen LogP contribution in [0, 0.1) is 22.7 Å². The minimum absolute atomic E-state index is 0.272. The molecule has 6 heteroatoms. The standard InChI is InChI=1S/C24H20N2O4/c1-27-19-6-16(7-20(11-19)28-2)15-5-18(13-25)24(14-26)23(10-15)17-8-21(29-3)12-22(9-17)30-4/h5-12H,1-4H3. The van der Waals surface area contributed by atoms with Gasteiger partial charge in [-0.25, -0.2) is 0 Å². The van der Waals surface area contributed by atoms with Gasteiger partial charge < -0.3 is 18.9 Å². The zero-order chi connectivity index (χ0) is 21.7. The Morgan fingerprint density at radius 3 is 1.37 bits per heavy atom. The van der Waals surface area contributed by atoms with Crippen molar-refractivity contribution in [1.29, 1.82) is 10.5 Å². The lowest BCUT2D eigenvalue weighted by Gasteiger charge is -2.14. The Kier molecular flexibility index (Phi) is 6.10. The molecule has 0 heterocycles. The molecule has 0 unspecified atom stereocenters. The van der Waals surface area contributed by atoms with E-state index in [1.807, 2.05) is 18.2 Å². The summed E-state index contributed by atoms with van der Waals surface area (Å²) in [7, 11) is 6.27. The first-order chi connectivity index (χ1) is 14.6. The zero-order valence-electron chi connectivity index (χ0n) is 17.1. The molecule has 3 aromatic rings. The Morgan fingerprint density at radius 1 is 0.533 bits per heavy atom. The van der Waals surface area contributed by atoms with Crippen molar-refractivity contribution >= 4 is 0 Å². The summed E-state index contributed by atoms with van der Waals surface area (Å²) in [5, 5.41) is 19.5. The maximum Gasteiger partial charge on any atom is 0.123 e. The number of nitriles is 2. The van der Waals surface area contributed by atoms with Crippen molar-refractivity contribution in [3.05, 3.63) is 59.7 Å². The van der Waals surface area contributed by atoms with E-state index in [2.05, 4.69) is 12.1 Å². The van der Waals surface area contributed by atoms with Gasteiger partial charge in [0, 0.05) is 17.7 Å². The van der Waals surface area contributed by atoms with Crippen LogP contribution in [0.3, 0.4) is 0 Å². The van der Waals surface area contributed by atoms with E-state index >= 15 is 0 Å². The average Bonchev–Trinajstić information content (AvgIpc) is 2.81. The lowest BCUT2D eigenvalue weighted by molar-refractivity contribution is 0.394. The molecule has 0 fully saturated rings. The number of nitrogens with zero attached hydrogens (tertiary/aromatic N) is 2. The number of ether oxygens (including phenoxy) is 4. The van der Waals surface area contributed by atoms with E-state index in [0.717, 1.165) is 11.1 Å². The van der Waals surface area contributed by atoms with Crippen LogP contribution in [-0.2, 0) is 0 Å². The largest absolute Gasteiger partial charge is 0.497 e. The molecule has 30 heavy (non-hydrogen) atoms. The van der Waals surface area contributed by atoms with Crippen LogP contribution in [0.15, 0.2) is 48.5 Å². The van der Waals surface area contributed by atoms with Gasteiger partial charge in [-0.1, -0.05) is 0 Å². The zero-order valence-corrected chi connectivity index (χ0v) is 17.1. The lowest BCUT2D eigenvalue weighted by atomic mass is 9.91. The van der Waals surface area contributed by atoms with Gasteiger partial charge in [-0.05, 0) is 53.1 Å². The summed E-state index contributed by atoms with van der Waals surface area (Å²) >= 11 is 0. The van der Waals surface area contributed by atoms with Gasteiger partial charge in [-0.3, -0.25) is 0 Å². The second kappa shape index (κ2) is 8.89. The van der Waals surface area contributed by atoms with E-state index in [1.165, 1.54) is 0 Å². The second-order valence-corrected chi connectivity index (χ2v) is 6.37. The van der Waals surface area contributed by atoms with Gasteiger partial charge in [0.25, 0.3) is 0 Å². The van der Waals surface area contributed by atoms with Gasteiger partial charge in [0.1, 0.15) is 35.1 Å². The summed E-state index contributed by atoms with van der Waals surface area (Å²) in [5.74, 6) is 2.41. The summed E-state index contributed by atoms with van der Waals surface area (Å²) in [5.41, 5.74) is 3.41. The fourth-order valence-electron chi connectivity index (χ4n) is 3.18. The molecular weight excluding hydrogens is 380 g/mol. The highest BCUT2D eigenvalue weighted by Crippen LogP contribution is 2.37. The maximum atomic E-state index is 9.77. The van der Waals surface area contributed by atoms with Gasteiger partial charge in [-0.2, -0.15) is 10.5 Å². The number of hydrogen-bond acceptors (Lipinski definition) is 6. The van der Waals surface area contributed by atoms with Gasteiger partial charge in [-0.15, -0.1) is 0 Å². The highest BCUT2D eigenvalue weighted by atomic mass is 16.5. The third-order valence-electron chi connectivity index (χ3n) is 4.72. The van der Waals surface area contributed by atoms with Crippen LogP contribution in [0.25, 0.3) is 22.3 Å². The molecule has 0 atom stereocenters. The van der Waals surface area contributed by atoms with Crippen molar-refractivity contribution in [1.82, 2.24) is 0 Å². The quantitative estimate of drug-likeness (QED) is 0.591. The van der Waals surface area contributed by atoms with Crippen LogP contribution in [0.2, 0.25) is 0 Å². The summed E-state index contributed by atoms with van der Waals surface area (Å²) in [4.78, 5) is 0. The molecule has 0 bridgehead atoms. The minimum Gasteiger partial charge on any atom is -0.497 e. The first-order valence-electron chi connectivity index (χ1n) is 9.02. The number of benzene rings is 3. The van der Waals surface area contributed by atoms with E-state index in [-0.39, 0.29) is 11.1 Å². The normalized spacial score (nSPS) is 9.93. The lowest BCUT2D eigenvalue weighted by Crippen LogP contribution is -1.95. The summed E-state index contributed by atoms with van der Waals surface area (Å²) in [6.45, 7) is 0. The molecule has 0 aliphatic carbocycles. The third kappa shape index (κ3) is 3.99. The number of rotatable bonds is 6. The molecular formula is C24H20N2O4. The maximum absolute atomic E-state index is 9.77. The summed E-state index contributed by atoms with van der Waals surface area (Å²) in [6.07, 6.45) is 0. The smallest absolute Gasteiger partial charge is 0.123 e. The molecule has 0 aromatic heterocycles. The first kappa shape index (κ1) is 20.6. The molecule has 3 rings (SSSR count). The summed E-state index contributed by atoms with van der Waals surface area (Å²) in [6, 6.07) is 18.7. The molecule has 0 aliphatic heterocycles. The average molecular weight is 400 g/mol. The number of hydrogen-bond donors (Lipinski definition) is 0. The molecule has 3 aromatic carbocycles. The molecule has 150 valence electrons. The predicted octanol–water partition coefficient (Wildman–Crippen LogP) is 4.80. The van der Waals surface area contributed by atoms with Gasteiger partial charge >= 0.3 is 0 Å². The van der Waals surface area contributed by atoms with E-state index in [1.54, 1.807) is 58.8 Å². The summed E-state index contributed by atoms with van der Waals surface area (Å²) < 4.78 is 21.5. The monoisotopic (exact) mass is 400 g/mol. The van der Waals surface area contributed by atoms with Crippen LogP contribution in [0.5, 0.6) is 23.0 Å². The minimum atomic E-state index is 0.272. The van der Waals surface area contributed by atoms with Crippen LogP contribution in [-0.4, -0.2) is 28.4 Å². The highest BCUT2D eigenvalue weighted by molar-refractivity contribution is 5.82. The van der Waals surface area contributed by atoms with E-state index in [9.17, 15) is 10.5 Å². The Morgan fingerprint density at radius 2 is 0.967 bits per heavy atom. The molecule has 6 nitrogen and oxygen atoms in total. The third-order valence-corrected chi connectivity index (χ3v) is 4.72. The van der Waals surface area contributed by atoms with Crippen molar-refractivity contribution in [3.8, 4) is 57.4 Å². The van der Waals surface area contributed by atoms with Crippen molar-refractivity contribution in [2.45, 2.75) is 0 Å². The predicted molar refractivity (Wildman–Crippen MR) is 113 cm³/mol. The van der Waals surface area contributed by atoms with Crippen LogP contribution < -0.4 is 18.9 Å². The molecule has 0 spiro atoms. The van der Waals surface area contributed by atoms with Gasteiger partial charge in [0.2, 0.25) is 0 Å². The van der Waals surface area contributed by atoms with Gasteiger partial charge in [0.15, 0.2) is 0 Å². The fraction of sp³-hybridized carbons (Fsp3) is 0.167. The van der Waals surface area contributed by atoms with Gasteiger partial charge in [0.05, 0.1) is 39.6 Å². The molecule has 0 radical (unpaired) electrons. The van der Waals surface area contributed by atoms with Crippen LogP contribution in [0.1, 0.15) is 11.1 Å². The topological polar surface area (TPSA) is 84.5 Å². The van der Waals surface area contributed by atoms with Crippen molar-refractivity contribution < 1.29 is 18.9 Å². The molecule has 0 N–H and O–H groups in total. The van der Waals surface area contributed by atoms with E-state index < -0.39 is 0 Å². The molecule has 0 aliphatic rings. The van der Waals surface area contributed by atoms with Crippen molar-refractivity contribution in [2.75, 3.05) is 28.4 Å². The number of methoxy groups -OCH3 is 4. The van der Waals surface area contributed by atoms with Crippen LogP contribution >= 0.6 is 0 Å². The SMILES string of the molecule is COc1cc(OC)cc(-c2cc(C#N)c(C#N)c(-c3cc(OC)cc(OC)c3)c2)c1. The second-order valence-electron chi connectivity index (χ2n) is 6.37. The van der Waals surface area contributed by atoms with Crippen LogP contribution in [0.4, 0.5) is 0 Å². The fourth-order valence-corrected chi connectivity index (χ4v) is 3.18. The Bertz CT molecular complexity index is 1130. The Hall–Kier alpha value is -4.16. The van der Waals surface area contributed by atoms with Crippen molar-refractivity contribution in [2.24, 2.45) is 0 Å². The Balaban J connectivity index is 2.31. The van der Waals surface area contributed by atoms with E-state index in [4.69, 9.17) is 18.9 Å². The molecule has 0 amide bonds. The Labute approximate surface area is 175 Å². The molecule has 0 saturated heterocycles. The van der Waals surface area contributed by atoms with E-state index in [0.29, 0.717) is 34.1 Å². The highest BCUT2D eigenvalue weighted by Gasteiger charge is 2.16. The first-order valence-corrected chi connectivity index (χ1v) is 9.02. The molecule has 0 saturated carbocycles.